The lowest BCUT2D eigenvalue weighted by Gasteiger charge is -2.10. The summed E-state index contributed by atoms with van der Waals surface area (Å²) in [6.45, 7) is 3.01. The molecule has 0 aromatic carbocycles. The van der Waals surface area contributed by atoms with Gasteiger partial charge in [0.15, 0.2) is 5.03 Å². The maximum atomic E-state index is 12.1. The Labute approximate surface area is 113 Å². The zero-order chi connectivity index (χ0) is 13.9. The number of nitrogens with zero attached hydrogens (tertiary/aromatic N) is 1. The molecule has 8 heteroatoms. The highest BCUT2D eigenvalue weighted by atomic mass is 32.2. The minimum absolute atomic E-state index is 0.000148. The zero-order valence-electron chi connectivity index (χ0n) is 11.0. The molecule has 1 aromatic rings. The average molecular weight is 288 g/mol. The first-order valence-corrected chi connectivity index (χ1v) is 7.88. The van der Waals surface area contributed by atoms with Crippen LogP contribution in [0.15, 0.2) is 5.03 Å². The van der Waals surface area contributed by atoms with Gasteiger partial charge in [-0.3, -0.25) is 5.10 Å². The first-order valence-electron chi connectivity index (χ1n) is 6.40. The van der Waals surface area contributed by atoms with Gasteiger partial charge in [0.1, 0.15) is 0 Å². The SMILES string of the molecule is Cc1[nH]nc(S(=O)(=O)NCCC2CCCO2)c1CN. The summed E-state index contributed by atoms with van der Waals surface area (Å²) in [4.78, 5) is 0. The molecular weight excluding hydrogens is 268 g/mol. The number of nitrogens with one attached hydrogen (secondary N) is 2. The third-order valence-electron chi connectivity index (χ3n) is 3.28. The van der Waals surface area contributed by atoms with E-state index in [2.05, 4.69) is 14.9 Å². The van der Waals surface area contributed by atoms with Gasteiger partial charge in [0, 0.05) is 31.0 Å². The molecule has 7 nitrogen and oxygen atoms in total. The monoisotopic (exact) mass is 288 g/mol. The number of nitrogens with two attached hydrogens (primary N) is 1. The number of hydrogen-bond donors (Lipinski definition) is 3. The number of sulfonamides is 1. The molecule has 0 spiro atoms. The van der Waals surface area contributed by atoms with E-state index in [0.717, 1.165) is 19.4 Å². The van der Waals surface area contributed by atoms with E-state index in [-0.39, 0.29) is 17.7 Å². The van der Waals surface area contributed by atoms with Crippen LogP contribution in [0.4, 0.5) is 0 Å². The molecule has 0 saturated carbocycles. The lowest BCUT2D eigenvalue weighted by Crippen LogP contribution is -2.28. The van der Waals surface area contributed by atoms with Crippen molar-refractivity contribution in [2.24, 2.45) is 5.73 Å². The molecule has 1 aromatic heterocycles. The van der Waals surface area contributed by atoms with Crippen LogP contribution in [0, 0.1) is 6.92 Å². The van der Waals surface area contributed by atoms with Gasteiger partial charge < -0.3 is 10.5 Å². The van der Waals surface area contributed by atoms with Crippen LogP contribution in [0.1, 0.15) is 30.5 Å². The van der Waals surface area contributed by atoms with E-state index < -0.39 is 10.0 Å². The summed E-state index contributed by atoms with van der Waals surface area (Å²) in [6.07, 6.45) is 2.89. The fourth-order valence-corrected chi connectivity index (χ4v) is 3.44. The molecule has 1 unspecified atom stereocenters. The zero-order valence-corrected chi connectivity index (χ0v) is 11.8. The summed E-state index contributed by atoms with van der Waals surface area (Å²) in [6, 6.07) is 0. The van der Waals surface area contributed by atoms with Crippen molar-refractivity contribution in [2.45, 2.75) is 43.9 Å². The summed E-state index contributed by atoms with van der Waals surface area (Å²) < 4.78 is 32.2. The summed E-state index contributed by atoms with van der Waals surface area (Å²) in [7, 11) is -3.60. The maximum Gasteiger partial charge on any atom is 0.260 e. The van der Waals surface area contributed by atoms with Crippen molar-refractivity contribution in [1.29, 1.82) is 0 Å². The third-order valence-corrected chi connectivity index (χ3v) is 4.71. The van der Waals surface area contributed by atoms with E-state index in [1.54, 1.807) is 6.92 Å². The molecule has 2 rings (SSSR count). The van der Waals surface area contributed by atoms with Crippen LogP contribution >= 0.6 is 0 Å². The second-order valence-electron chi connectivity index (χ2n) is 4.66. The van der Waals surface area contributed by atoms with Crippen molar-refractivity contribution >= 4 is 10.0 Å². The summed E-state index contributed by atoms with van der Waals surface area (Å²) in [5.74, 6) is 0. The quantitative estimate of drug-likeness (QED) is 0.683. The number of rotatable bonds is 6. The van der Waals surface area contributed by atoms with E-state index in [1.807, 2.05) is 0 Å². The van der Waals surface area contributed by atoms with E-state index in [1.165, 1.54) is 0 Å². The molecule has 0 bridgehead atoms. The Kier molecular flexibility index (Phi) is 4.56. The highest BCUT2D eigenvalue weighted by molar-refractivity contribution is 7.89. The Balaban J connectivity index is 1.97. The van der Waals surface area contributed by atoms with Gasteiger partial charge in [-0.15, -0.1) is 0 Å². The first-order chi connectivity index (χ1) is 9.04. The molecule has 0 amide bonds. The Bertz CT molecular complexity index is 520. The van der Waals surface area contributed by atoms with Crippen molar-refractivity contribution in [3.63, 3.8) is 0 Å². The van der Waals surface area contributed by atoms with E-state index in [4.69, 9.17) is 10.5 Å². The lowest BCUT2D eigenvalue weighted by atomic mass is 10.2. The van der Waals surface area contributed by atoms with E-state index in [0.29, 0.717) is 24.2 Å². The van der Waals surface area contributed by atoms with Crippen LogP contribution in [0.25, 0.3) is 0 Å². The van der Waals surface area contributed by atoms with Crippen LogP contribution < -0.4 is 10.5 Å². The van der Waals surface area contributed by atoms with Crippen molar-refractivity contribution in [2.75, 3.05) is 13.2 Å². The Morgan fingerprint density at radius 1 is 1.58 bits per heavy atom. The van der Waals surface area contributed by atoms with Gasteiger partial charge in [0.05, 0.1) is 6.10 Å². The number of H-pyrrole nitrogens is 1. The highest BCUT2D eigenvalue weighted by Gasteiger charge is 2.23. The molecule has 0 radical (unpaired) electrons. The number of aromatic amines is 1. The molecule has 108 valence electrons. The minimum Gasteiger partial charge on any atom is -0.378 e. The molecule has 1 fully saturated rings. The van der Waals surface area contributed by atoms with Gasteiger partial charge in [0.25, 0.3) is 10.0 Å². The molecule has 1 saturated heterocycles. The van der Waals surface area contributed by atoms with Crippen molar-refractivity contribution in [3.8, 4) is 0 Å². The minimum atomic E-state index is -3.60. The van der Waals surface area contributed by atoms with Crippen molar-refractivity contribution in [3.05, 3.63) is 11.3 Å². The third kappa shape index (κ3) is 3.33. The predicted octanol–water partition coefficient (Wildman–Crippen LogP) is 0.0242. The van der Waals surface area contributed by atoms with Gasteiger partial charge in [-0.2, -0.15) is 5.10 Å². The van der Waals surface area contributed by atoms with Gasteiger partial charge in [-0.05, 0) is 26.2 Å². The van der Waals surface area contributed by atoms with Crippen LogP contribution in [-0.2, 0) is 21.3 Å². The average Bonchev–Trinajstić information content (AvgIpc) is 2.98. The van der Waals surface area contributed by atoms with Gasteiger partial charge >= 0.3 is 0 Å². The van der Waals surface area contributed by atoms with Crippen LogP contribution in [0.2, 0.25) is 0 Å². The smallest absolute Gasteiger partial charge is 0.260 e. The normalized spacial score (nSPS) is 20.0. The van der Waals surface area contributed by atoms with Crippen LogP contribution in [-0.4, -0.2) is 37.9 Å². The maximum absolute atomic E-state index is 12.1. The summed E-state index contributed by atoms with van der Waals surface area (Å²) in [5.41, 5.74) is 6.76. The molecule has 19 heavy (non-hydrogen) atoms. The van der Waals surface area contributed by atoms with Crippen molar-refractivity contribution in [1.82, 2.24) is 14.9 Å². The molecule has 4 N–H and O–H groups in total. The second kappa shape index (κ2) is 6.00. The number of aryl methyl sites for hydroxylation is 1. The second-order valence-corrected chi connectivity index (χ2v) is 6.34. The van der Waals surface area contributed by atoms with Gasteiger partial charge in [-0.25, -0.2) is 13.1 Å². The van der Waals surface area contributed by atoms with Crippen LogP contribution in [0.5, 0.6) is 0 Å². The highest BCUT2D eigenvalue weighted by Crippen LogP contribution is 2.17. The molecule has 2 heterocycles. The first kappa shape index (κ1) is 14.4. The largest absolute Gasteiger partial charge is 0.378 e. The summed E-state index contributed by atoms with van der Waals surface area (Å²) >= 11 is 0. The number of hydrogen-bond acceptors (Lipinski definition) is 5. The van der Waals surface area contributed by atoms with Crippen LogP contribution in [0.3, 0.4) is 0 Å². The molecular formula is C11H20N4O3S. The van der Waals surface area contributed by atoms with Gasteiger partial charge in [0.2, 0.25) is 0 Å². The standard InChI is InChI=1S/C11H20N4O3S/c1-8-10(7-12)11(15-14-8)19(16,17)13-5-4-9-3-2-6-18-9/h9,13H,2-7,12H2,1H3,(H,14,15). The molecule has 1 atom stereocenters. The van der Waals surface area contributed by atoms with E-state index in [9.17, 15) is 8.42 Å². The fraction of sp³-hybridized carbons (Fsp3) is 0.727. The molecule has 0 aliphatic carbocycles. The Morgan fingerprint density at radius 2 is 2.37 bits per heavy atom. The fourth-order valence-electron chi connectivity index (χ4n) is 2.19. The predicted molar refractivity (Wildman–Crippen MR) is 70.0 cm³/mol. The van der Waals surface area contributed by atoms with E-state index >= 15 is 0 Å². The lowest BCUT2D eigenvalue weighted by molar-refractivity contribution is 0.105. The molecule has 1 aliphatic rings. The summed E-state index contributed by atoms with van der Waals surface area (Å²) in [5, 5.41) is 6.47. The topological polar surface area (TPSA) is 110 Å². The number of ether oxygens (including phenoxy) is 1. The Hall–Kier alpha value is -0.960. The Morgan fingerprint density at radius 3 is 3.00 bits per heavy atom. The van der Waals surface area contributed by atoms with Gasteiger partial charge in [-0.1, -0.05) is 0 Å². The number of aromatic nitrogens is 2. The van der Waals surface area contributed by atoms with Crippen molar-refractivity contribution < 1.29 is 13.2 Å². The molecule has 1 aliphatic heterocycles.